The molecule has 0 N–H and O–H groups in total. The van der Waals surface area contributed by atoms with E-state index in [4.69, 9.17) is 13.9 Å². The third kappa shape index (κ3) is 5.37. The topological polar surface area (TPSA) is 31.6 Å². The van der Waals surface area contributed by atoms with Gasteiger partial charge in [-0.25, -0.2) is 0 Å². The Morgan fingerprint density at radius 2 is 1.35 bits per heavy atom. The van der Waals surface area contributed by atoms with E-state index in [-0.39, 0.29) is 12.2 Å². The van der Waals surface area contributed by atoms with Gasteiger partial charge in [-0.05, 0) is 38.8 Å². The molecule has 0 saturated carbocycles. The second kappa shape index (κ2) is 7.51. The molecule has 0 fully saturated rings. The summed E-state index contributed by atoms with van der Waals surface area (Å²) in [6.07, 6.45) is 2.59. The molecule has 0 aliphatic heterocycles. The summed E-state index contributed by atoms with van der Waals surface area (Å²) in [5.41, 5.74) is 0. The number of furan rings is 1. The number of hydrogen-bond acceptors (Lipinski definition) is 3. The zero-order valence-corrected chi connectivity index (χ0v) is 11.4. The summed E-state index contributed by atoms with van der Waals surface area (Å²) in [6, 6.07) is 3.91. The van der Waals surface area contributed by atoms with Crippen LogP contribution in [0.5, 0.6) is 0 Å². The largest absolute Gasteiger partial charge is 0.461 e. The van der Waals surface area contributed by atoms with Crippen LogP contribution in [0.4, 0.5) is 0 Å². The third-order valence-corrected chi connectivity index (χ3v) is 2.89. The van der Waals surface area contributed by atoms with Gasteiger partial charge in [0.05, 0.1) is 12.2 Å². The van der Waals surface area contributed by atoms with Crippen LogP contribution in [0, 0.1) is 0 Å². The van der Waals surface area contributed by atoms with Gasteiger partial charge in [0, 0.05) is 0 Å². The van der Waals surface area contributed by atoms with Crippen LogP contribution in [0.3, 0.4) is 0 Å². The smallest absolute Gasteiger partial charge is 0.130 e. The van der Waals surface area contributed by atoms with Crippen molar-refractivity contribution in [3.05, 3.63) is 23.7 Å². The molecule has 2 atom stereocenters. The molecule has 1 heterocycles. The Bertz CT molecular complexity index is 278. The number of rotatable bonds is 8. The molecular formula is C14H24O3. The van der Waals surface area contributed by atoms with Crippen LogP contribution in [0.15, 0.2) is 16.5 Å². The Morgan fingerprint density at radius 1 is 0.941 bits per heavy atom. The summed E-state index contributed by atoms with van der Waals surface area (Å²) in [5.74, 6) is 1.74. The predicted molar refractivity (Wildman–Crippen MR) is 67.8 cm³/mol. The van der Waals surface area contributed by atoms with Gasteiger partial charge >= 0.3 is 0 Å². The summed E-state index contributed by atoms with van der Waals surface area (Å²) >= 11 is 0. The Kier molecular flexibility index (Phi) is 6.30. The van der Waals surface area contributed by atoms with E-state index in [1.54, 1.807) is 0 Å². The highest BCUT2D eigenvalue weighted by atomic mass is 16.5. The molecular weight excluding hydrogens is 216 g/mol. The lowest BCUT2D eigenvalue weighted by atomic mass is 10.3. The van der Waals surface area contributed by atoms with Crippen LogP contribution in [-0.2, 0) is 22.7 Å². The molecule has 0 amide bonds. The standard InChI is InChI=1S/C14H24O3/c1-5-11(3)15-9-13-7-8-14(17-13)10-16-12(4)6-2/h7-8,11-12H,5-6,9-10H2,1-4H3. The van der Waals surface area contributed by atoms with E-state index in [2.05, 4.69) is 27.7 Å². The zero-order valence-electron chi connectivity index (χ0n) is 11.4. The third-order valence-electron chi connectivity index (χ3n) is 2.89. The molecule has 0 bridgehead atoms. The van der Waals surface area contributed by atoms with Crippen LogP contribution in [0.25, 0.3) is 0 Å². The summed E-state index contributed by atoms with van der Waals surface area (Å²) < 4.78 is 16.8. The molecule has 3 nitrogen and oxygen atoms in total. The average Bonchev–Trinajstić information content (AvgIpc) is 2.80. The van der Waals surface area contributed by atoms with Crippen molar-refractivity contribution in [1.29, 1.82) is 0 Å². The van der Waals surface area contributed by atoms with Crippen molar-refractivity contribution < 1.29 is 13.9 Å². The van der Waals surface area contributed by atoms with E-state index in [0.29, 0.717) is 13.2 Å². The van der Waals surface area contributed by atoms with Gasteiger partial charge in [0.2, 0.25) is 0 Å². The molecule has 98 valence electrons. The number of ether oxygens (including phenoxy) is 2. The van der Waals surface area contributed by atoms with Crippen LogP contribution in [0.2, 0.25) is 0 Å². The van der Waals surface area contributed by atoms with Crippen molar-refractivity contribution in [1.82, 2.24) is 0 Å². The van der Waals surface area contributed by atoms with Crippen molar-refractivity contribution in [2.45, 2.75) is 66.0 Å². The Hall–Kier alpha value is -0.800. The molecule has 1 aromatic heterocycles. The Labute approximate surface area is 104 Å². The Morgan fingerprint density at radius 3 is 1.71 bits per heavy atom. The normalized spacial score (nSPS) is 14.8. The molecule has 0 aliphatic carbocycles. The first-order chi connectivity index (χ1) is 8.15. The molecule has 1 rings (SSSR count). The lowest BCUT2D eigenvalue weighted by Gasteiger charge is -2.09. The van der Waals surface area contributed by atoms with Gasteiger partial charge in [0.1, 0.15) is 24.7 Å². The van der Waals surface area contributed by atoms with E-state index < -0.39 is 0 Å². The minimum Gasteiger partial charge on any atom is -0.461 e. The van der Waals surface area contributed by atoms with Crippen molar-refractivity contribution >= 4 is 0 Å². The SMILES string of the molecule is CCC(C)OCc1ccc(COC(C)CC)o1. The second-order valence-electron chi connectivity index (χ2n) is 4.43. The fraction of sp³-hybridized carbons (Fsp3) is 0.714. The predicted octanol–water partition coefficient (Wildman–Crippen LogP) is 3.91. The monoisotopic (exact) mass is 240 g/mol. The molecule has 0 saturated heterocycles. The van der Waals surface area contributed by atoms with Gasteiger partial charge in [-0.15, -0.1) is 0 Å². The maximum Gasteiger partial charge on any atom is 0.130 e. The molecule has 0 aliphatic rings. The highest BCUT2D eigenvalue weighted by Crippen LogP contribution is 2.13. The first-order valence-corrected chi connectivity index (χ1v) is 6.46. The van der Waals surface area contributed by atoms with Crippen molar-refractivity contribution in [3.63, 3.8) is 0 Å². The van der Waals surface area contributed by atoms with Gasteiger partial charge in [-0.3, -0.25) is 0 Å². The van der Waals surface area contributed by atoms with Crippen LogP contribution < -0.4 is 0 Å². The first kappa shape index (κ1) is 14.3. The number of hydrogen-bond donors (Lipinski definition) is 0. The van der Waals surface area contributed by atoms with E-state index in [9.17, 15) is 0 Å². The lowest BCUT2D eigenvalue weighted by Crippen LogP contribution is -2.06. The van der Waals surface area contributed by atoms with Gasteiger partial charge in [0.15, 0.2) is 0 Å². The molecule has 3 heteroatoms. The van der Waals surface area contributed by atoms with Crippen LogP contribution in [-0.4, -0.2) is 12.2 Å². The summed E-state index contributed by atoms with van der Waals surface area (Å²) in [5, 5.41) is 0. The highest BCUT2D eigenvalue weighted by molar-refractivity contribution is 5.05. The Balaban J connectivity index is 2.32. The molecule has 2 unspecified atom stereocenters. The van der Waals surface area contributed by atoms with E-state index in [1.807, 2.05) is 12.1 Å². The molecule has 17 heavy (non-hydrogen) atoms. The van der Waals surface area contributed by atoms with Gasteiger partial charge in [-0.1, -0.05) is 13.8 Å². The molecule has 0 aromatic carbocycles. The summed E-state index contributed by atoms with van der Waals surface area (Å²) in [7, 11) is 0. The zero-order chi connectivity index (χ0) is 12.7. The van der Waals surface area contributed by atoms with Crippen LogP contribution in [0.1, 0.15) is 52.1 Å². The minimum absolute atomic E-state index is 0.278. The quantitative estimate of drug-likeness (QED) is 0.690. The van der Waals surface area contributed by atoms with Crippen molar-refractivity contribution in [3.8, 4) is 0 Å². The summed E-state index contributed by atoms with van der Waals surface area (Å²) in [6.45, 7) is 9.43. The van der Waals surface area contributed by atoms with E-state index in [1.165, 1.54) is 0 Å². The maximum atomic E-state index is 5.62. The van der Waals surface area contributed by atoms with Crippen molar-refractivity contribution in [2.24, 2.45) is 0 Å². The van der Waals surface area contributed by atoms with Crippen LogP contribution >= 0.6 is 0 Å². The lowest BCUT2D eigenvalue weighted by molar-refractivity contribution is 0.0286. The molecule has 0 spiro atoms. The molecule has 0 radical (unpaired) electrons. The maximum absolute atomic E-state index is 5.62. The van der Waals surface area contributed by atoms with E-state index in [0.717, 1.165) is 24.4 Å². The fourth-order valence-corrected chi connectivity index (χ4v) is 1.26. The average molecular weight is 240 g/mol. The van der Waals surface area contributed by atoms with E-state index >= 15 is 0 Å². The first-order valence-electron chi connectivity index (χ1n) is 6.46. The minimum atomic E-state index is 0.278. The summed E-state index contributed by atoms with van der Waals surface area (Å²) in [4.78, 5) is 0. The van der Waals surface area contributed by atoms with Gasteiger partial charge in [-0.2, -0.15) is 0 Å². The molecule has 1 aromatic rings. The second-order valence-corrected chi connectivity index (χ2v) is 4.43. The van der Waals surface area contributed by atoms with Gasteiger partial charge < -0.3 is 13.9 Å². The fourth-order valence-electron chi connectivity index (χ4n) is 1.26. The van der Waals surface area contributed by atoms with Crippen molar-refractivity contribution in [2.75, 3.05) is 0 Å². The highest BCUT2D eigenvalue weighted by Gasteiger charge is 2.06. The van der Waals surface area contributed by atoms with Gasteiger partial charge in [0.25, 0.3) is 0 Å².